The van der Waals surface area contributed by atoms with E-state index >= 15 is 0 Å². The third-order valence-corrected chi connectivity index (χ3v) is 8.75. The van der Waals surface area contributed by atoms with Crippen molar-refractivity contribution in [2.24, 2.45) is 0 Å². The Morgan fingerprint density at radius 1 is 0.317 bits per heavy atom. The Bertz CT molecular complexity index is 2260. The van der Waals surface area contributed by atoms with Crippen molar-refractivity contribution >= 4 is 32.6 Å². The summed E-state index contributed by atoms with van der Waals surface area (Å²) in [4.78, 5) is 0. The molecule has 190 valence electrons. The van der Waals surface area contributed by atoms with Gasteiger partial charge in [0, 0.05) is 16.5 Å². The minimum absolute atomic E-state index is 1.18. The zero-order valence-electron chi connectivity index (χ0n) is 22.4. The van der Waals surface area contributed by atoms with Gasteiger partial charge in [-0.1, -0.05) is 115 Å². The van der Waals surface area contributed by atoms with Crippen LogP contribution in [0.1, 0.15) is 0 Å². The molecule has 0 amide bonds. The summed E-state index contributed by atoms with van der Waals surface area (Å²) in [5.41, 5.74) is 14.0. The van der Waals surface area contributed by atoms with E-state index in [1.807, 2.05) is 0 Å². The highest BCUT2D eigenvalue weighted by molar-refractivity contribution is 6.19. The maximum absolute atomic E-state index is 2.40. The molecule has 0 atom stereocenters. The minimum Gasteiger partial charge on any atom is -0.309 e. The van der Waals surface area contributed by atoms with Crippen LogP contribution >= 0.6 is 0 Å². The fourth-order valence-corrected chi connectivity index (χ4v) is 6.92. The second kappa shape index (κ2) is 8.55. The maximum atomic E-state index is 2.40. The lowest BCUT2D eigenvalue weighted by Gasteiger charge is -2.11. The number of fused-ring (bicyclic) bond motifs is 6. The van der Waals surface area contributed by atoms with Gasteiger partial charge in [0.1, 0.15) is 0 Å². The monoisotopic (exact) mass is 519 g/mol. The number of para-hydroxylation sites is 1. The van der Waals surface area contributed by atoms with Gasteiger partial charge in [-0.15, -0.1) is 0 Å². The van der Waals surface area contributed by atoms with E-state index in [2.05, 4.69) is 156 Å². The molecule has 1 nitrogen and oxygen atoms in total. The zero-order chi connectivity index (χ0) is 26.9. The van der Waals surface area contributed by atoms with Crippen molar-refractivity contribution in [3.05, 3.63) is 152 Å². The number of benzene rings is 7. The van der Waals surface area contributed by atoms with Crippen molar-refractivity contribution < 1.29 is 0 Å². The minimum atomic E-state index is 1.18. The Balaban J connectivity index is 1.32. The summed E-state index contributed by atoms with van der Waals surface area (Å²) in [7, 11) is 0. The van der Waals surface area contributed by atoms with Crippen LogP contribution in [0.5, 0.6) is 0 Å². The van der Waals surface area contributed by atoms with Crippen molar-refractivity contribution in [3.8, 4) is 50.2 Å². The predicted octanol–water partition coefficient (Wildman–Crippen LogP) is 10.9. The van der Waals surface area contributed by atoms with Crippen LogP contribution < -0.4 is 0 Å². The Hall–Kier alpha value is -5.40. The van der Waals surface area contributed by atoms with Crippen LogP contribution in [-0.4, -0.2) is 4.57 Å². The van der Waals surface area contributed by atoms with Crippen LogP contribution in [0, 0.1) is 0 Å². The van der Waals surface area contributed by atoms with E-state index < -0.39 is 0 Å². The third kappa shape index (κ3) is 3.24. The lowest BCUT2D eigenvalue weighted by atomic mass is 9.93. The third-order valence-electron chi connectivity index (χ3n) is 8.75. The van der Waals surface area contributed by atoms with Gasteiger partial charge in [-0.2, -0.15) is 0 Å². The highest BCUT2D eigenvalue weighted by Gasteiger charge is 2.22. The van der Waals surface area contributed by atoms with E-state index in [9.17, 15) is 0 Å². The smallest absolute Gasteiger partial charge is 0.0541 e. The highest BCUT2D eigenvalue weighted by Crippen LogP contribution is 2.49. The Morgan fingerprint density at radius 3 is 1.61 bits per heavy atom. The van der Waals surface area contributed by atoms with Crippen LogP contribution in [0.2, 0.25) is 0 Å². The molecule has 1 heterocycles. The molecule has 0 saturated carbocycles. The van der Waals surface area contributed by atoms with Crippen molar-refractivity contribution in [2.45, 2.75) is 0 Å². The van der Waals surface area contributed by atoms with Crippen LogP contribution in [0.3, 0.4) is 0 Å². The van der Waals surface area contributed by atoms with E-state index in [0.29, 0.717) is 0 Å². The van der Waals surface area contributed by atoms with Crippen molar-refractivity contribution in [1.82, 2.24) is 4.57 Å². The average molecular weight is 520 g/mol. The molecule has 0 fully saturated rings. The molecule has 0 N–H and O–H groups in total. The molecule has 0 unspecified atom stereocenters. The van der Waals surface area contributed by atoms with Gasteiger partial charge in [0.25, 0.3) is 0 Å². The summed E-state index contributed by atoms with van der Waals surface area (Å²) in [6.45, 7) is 0. The van der Waals surface area contributed by atoms with E-state index in [1.54, 1.807) is 0 Å². The molecule has 0 radical (unpaired) electrons. The fraction of sp³-hybridized carbons (Fsp3) is 0. The van der Waals surface area contributed by atoms with Gasteiger partial charge in [-0.05, 0) is 91.7 Å². The van der Waals surface area contributed by atoms with Crippen LogP contribution in [0.4, 0.5) is 0 Å². The summed E-state index contributed by atoms with van der Waals surface area (Å²) in [5, 5.41) is 5.22. The second-order valence-electron chi connectivity index (χ2n) is 10.9. The first kappa shape index (κ1) is 22.4. The predicted molar refractivity (Wildman–Crippen MR) is 174 cm³/mol. The lowest BCUT2D eigenvalue weighted by molar-refractivity contribution is 1.18. The molecule has 7 aromatic carbocycles. The first-order valence-electron chi connectivity index (χ1n) is 14.2. The summed E-state index contributed by atoms with van der Waals surface area (Å²) >= 11 is 0. The molecule has 0 bridgehead atoms. The SMILES string of the molecule is c1ccc(-c2ccc3c(c2)c2cc(-c4ccc5c6c(cccc46)-c4ccccc4-5)ccc2n3-c2ccccc2)cc1. The van der Waals surface area contributed by atoms with E-state index in [-0.39, 0.29) is 0 Å². The summed E-state index contributed by atoms with van der Waals surface area (Å²) in [6, 6.07) is 55.4. The van der Waals surface area contributed by atoms with Gasteiger partial charge >= 0.3 is 0 Å². The topological polar surface area (TPSA) is 4.93 Å². The Labute approximate surface area is 238 Å². The average Bonchev–Trinajstić information content (AvgIpc) is 3.55. The number of hydrogen-bond donors (Lipinski definition) is 0. The van der Waals surface area contributed by atoms with Gasteiger partial charge in [-0.3, -0.25) is 0 Å². The molecule has 1 aromatic heterocycles. The van der Waals surface area contributed by atoms with E-state index in [4.69, 9.17) is 0 Å². The van der Waals surface area contributed by atoms with E-state index in [1.165, 1.54) is 82.8 Å². The molecule has 1 heteroatoms. The molecule has 0 aliphatic heterocycles. The van der Waals surface area contributed by atoms with E-state index in [0.717, 1.165) is 0 Å². The molecule has 0 saturated heterocycles. The lowest BCUT2D eigenvalue weighted by Crippen LogP contribution is -1.93. The van der Waals surface area contributed by atoms with Gasteiger partial charge in [0.05, 0.1) is 11.0 Å². The van der Waals surface area contributed by atoms with Gasteiger partial charge < -0.3 is 4.57 Å². The molecule has 41 heavy (non-hydrogen) atoms. The van der Waals surface area contributed by atoms with Crippen molar-refractivity contribution in [2.75, 3.05) is 0 Å². The normalized spacial score (nSPS) is 11.9. The largest absolute Gasteiger partial charge is 0.309 e. The number of rotatable bonds is 3. The van der Waals surface area contributed by atoms with Crippen LogP contribution in [0.15, 0.2) is 152 Å². The summed E-state index contributed by atoms with van der Waals surface area (Å²) in [6.07, 6.45) is 0. The summed E-state index contributed by atoms with van der Waals surface area (Å²) < 4.78 is 2.40. The van der Waals surface area contributed by atoms with Gasteiger partial charge in [0.15, 0.2) is 0 Å². The molecular formula is C40H25N. The van der Waals surface area contributed by atoms with Crippen LogP contribution in [0.25, 0.3) is 82.8 Å². The molecular weight excluding hydrogens is 494 g/mol. The summed E-state index contributed by atoms with van der Waals surface area (Å²) in [5.74, 6) is 0. The number of hydrogen-bond acceptors (Lipinski definition) is 0. The van der Waals surface area contributed by atoms with Gasteiger partial charge in [-0.25, -0.2) is 0 Å². The van der Waals surface area contributed by atoms with Gasteiger partial charge in [0.2, 0.25) is 0 Å². The quantitative estimate of drug-likeness (QED) is 0.219. The molecule has 8 aromatic rings. The number of aromatic nitrogens is 1. The Kier molecular flexibility index (Phi) is 4.67. The molecule has 1 aliphatic rings. The number of nitrogens with zero attached hydrogens (tertiary/aromatic N) is 1. The fourth-order valence-electron chi connectivity index (χ4n) is 6.92. The van der Waals surface area contributed by atoms with Crippen molar-refractivity contribution in [1.29, 1.82) is 0 Å². The molecule has 1 aliphatic carbocycles. The zero-order valence-corrected chi connectivity index (χ0v) is 22.4. The highest BCUT2D eigenvalue weighted by atomic mass is 15.0. The second-order valence-corrected chi connectivity index (χ2v) is 10.9. The van der Waals surface area contributed by atoms with Crippen molar-refractivity contribution in [3.63, 3.8) is 0 Å². The molecule has 9 rings (SSSR count). The van der Waals surface area contributed by atoms with Crippen LogP contribution in [-0.2, 0) is 0 Å². The molecule has 0 spiro atoms. The first-order chi connectivity index (χ1) is 20.3. The standard InChI is InChI=1S/C40H25N/c1-3-10-26(11-4-1)27-18-22-38-36(24-27)37-25-28(19-23-39(37)41(38)29-12-5-2-6-13-29)30-20-21-35-32-15-8-7-14-31(32)34-17-9-16-33(30)40(34)35/h1-25H. The maximum Gasteiger partial charge on any atom is 0.0541 e. The Morgan fingerprint density at radius 2 is 0.878 bits per heavy atom. The first-order valence-corrected chi connectivity index (χ1v) is 14.2.